The highest BCUT2D eigenvalue weighted by Crippen LogP contribution is 2.00. The molecule has 0 aliphatic heterocycles. The lowest BCUT2D eigenvalue weighted by Crippen LogP contribution is -1.96. The van der Waals surface area contributed by atoms with Crippen molar-refractivity contribution < 1.29 is 4.74 Å². The minimum atomic E-state index is 0.349. The molecule has 6 heteroatoms. The third-order valence-corrected chi connectivity index (χ3v) is 1.53. The summed E-state index contributed by atoms with van der Waals surface area (Å²) in [5.74, 6) is 5.71. The van der Waals surface area contributed by atoms with Gasteiger partial charge in [0, 0.05) is 30.3 Å². The first-order valence-electron chi connectivity index (χ1n) is 4.81. The fraction of sp³-hybridized carbons (Fsp3) is 0.400. The van der Waals surface area contributed by atoms with E-state index in [1.807, 2.05) is 6.92 Å². The van der Waals surface area contributed by atoms with Gasteiger partial charge in [0.2, 0.25) is 0 Å². The number of azide groups is 1. The van der Waals surface area contributed by atoms with Gasteiger partial charge in [-0.3, -0.25) is 0 Å². The normalized spacial score (nSPS) is 8.56. The molecule has 1 heterocycles. The molecule has 1 aromatic rings. The van der Waals surface area contributed by atoms with E-state index in [0.29, 0.717) is 31.1 Å². The van der Waals surface area contributed by atoms with Crippen LogP contribution in [-0.2, 0) is 0 Å². The Kier molecular flexibility index (Phi) is 5.24. The van der Waals surface area contributed by atoms with Crippen LogP contribution in [0.2, 0.25) is 0 Å². The minimum absolute atomic E-state index is 0.349. The number of aromatic nitrogens is 2. The summed E-state index contributed by atoms with van der Waals surface area (Å²) in [5.41, 5.74) is 8.75. The average Bonchev–Trinajstić information content (AvgIpc) is 2.31. The van der Waals surface area contributed by atoms with Crippen LogP contribution in [0.25, 0.3) is 10.4 Å². The van der Waals surface area contributed by atoms with Gasteiger partial charge in [0.15, 0.2) is 0 Å². The van der Waals surface area contributed by atoms with Crippen molar-refractivity contribution in [3.63, 3.8) is 0 Å². The number of hydrogen-bond acceptors (Lipinski definition) is 4. The zero-order chi connectivity index (χ0) is 11.6. The Hall–Kier alpha value is -2.25. The second-order valence-electron chi connectivity index (χ2n) is 2.69. The lowest BCUT2D eigenvalue weighted by atomic mass is 10.3. The Bertz CT molecular complexity index is 425. The van der Waals surface area contributed by atoms with Crippen LogP contribution >= 0.6 is 0 Å². The highest BCUT2D eigenvalue weighted by Gasteiger charge is 1.94. The Morgan fingerprint density at radius 1 is 1.50 bits per heavy atom. The van der Waals surface area contributed by atoms with E-state index in [4.69, 9.17) is 10.3 Å². The summed E-state index contributed by atoms with van der Waals surface area (Å²) in [6, 6.07) is 0.349. The van der Waals surface area contributed by atoms with E-state index < -0.39 is 0 Å². The van der Waals surface area contributed by atoms with Crippen LogP contribution in [0.3, 0.4) is 0 Å². The lowest BCUT2D eigenvalue weighted by molar-refractivity contribution is 0.312. The standard InChI is InChI=1S/C10H11N5O/c1-2-16-10-12-7-9(8-13-10)5-3-4-6-14-15-11/h7-8H,2,4,6H2,1H3. The van der Waals surface area contributed by atoms with Gasteiger partial charge in [-0.2, -0.15) is 0 Å². The zero-order valence-electron chi connectivity index (χ0n) is 8.92. The molecule has 0 amide bonds. The largest absolute Gasteiger partial charge is 0.464 e. The Morgan fingerprint density at radius 3 is 2.88 bits per heavy atom. The average molecular weight is 217 g/mol. The summed E-state index contributed by atoms with van der Waals surface area (Å²) in [7, 11) is 0. The second kappa shape index (κ2) is 7.10. The fourth-order valence-electron chi connectivity index (χ4n) is 0.900. The van der Waals surface area contributed by atoms with Crippen molar-refractivity contribution in [1.29, 1.82) is 0 Å². The summed E-state index contributed by atoms with van der Waals surface area (Å²) >= 11 is 0. The number of rotatable bonds is 4. The van der Waals surface area contributed by atoms with Crippen molar-refractivity contribution in [2.75, 3.05) is 13.2 Å². The van der Waals surface area contributed by atoms with Gasteiger partial charge in [-0.25, -0.2) is 9.97 Å². The molecule has 0 fully saturated rings. The predicted octanol–water partition coefficient (Wildman–Crippen LogP) is 1.93. The molecular weight excluding hydrogens is 206 g/mol. The molecule has 0 saturated carbocycles. The lowest BCUT2D eigenvalue weighted by Gasteiger charge is -1.98. The Labute approximate surface area is 93.3 Å². The first kappa shape index (κ1) is 11.8. The number of hydrogen-bond donors (Lipinski definition) is 0. The monoisotopic (exact) mass is 217 g/mol. The van der Waals surface area contributed by atoms with Crippen LogP contribution in [0.4, 0.5) is 0 Å². The van der Waals surface area contributed by atoms with Crippen molar-refractivity contribution in [2.45, 2.75) is 13.3 Å². The molecule has 0 unspecified atom stereocenters. The van der Waals surface area contributed by atoms with Crippen LogP contribution in [0.15, 0.2) is 17.5 Å². The van der Waals surface area contributed by atoms with Crippen LogP contribution in [0.1, 0.15) is 18.9 Å². The van der Waals surface area contributed by atoms with Gasteiger partial charge in [0.05, 0.1) is 12.2 Å². The molecule has 0 atom stereocenters. The van der Waals surface area contributed by atoms with Gasteiger partial charge >= 0.3 is 6.01 Å². The van der Waals surface area contributed by atoms with Crippen LogP contribution in [0, 0.1) is 11.8 Å². The molecule has 6 nitrogen and oxygen atoms in total. The molecule has 0 saturated heterocycles. The maximum Gasteiger partial charge on any atom is 0.316 e. The first-order chi connectivity index (χ1) is 7.86. The van der Waals surface area contributed by atoms with Crippen molar-refractivity contribution >= 4 is 0 Å². The van der Waals surface area contributed by atoms with Crippen LogP contribution in [0.5, 0.6) is 6.01 Å². The quantitative estimate of drug-likeness (QED) is 0.254. The smallest absolute Gasteiger partial charge is 0.316 e. The molecule has 82 valence electrons. The maximum atomic E-state index is 8.04. The number of ether oxygens (including phenoxy) is 1. The summed E-state index contributed by atoms with van der Waals surface area (Å²) in [6.45, 7) is 2.78. The van der Waals surface area contributed by atoms with E-state index >= 15 is 0 Å². The predicted molar refractivity (Wildman–Crippen MR) is 58.7 cm³/mol. The summed E-state index contributed by atoms with van der Waals surface area (Å²) in [6.07, 6.45) is 3.72. The maximum absolute atomic E-state index is 8.04. The minimum Gasteiger partial charge on any atom is -0.464 e. The third-order valence-electron chi connectivity index (χ3n) is 1.53. The van der Waals surface area contributed by atoms with Gasteiger partial charge in [0.25, 0.3) is 0 Å². The molecule has 0 N–H and O–H groups in total. The SMILES string of the molecule is CCOc1ncc(C#CCCN=[N+]=[N-])cn1. The summed E-state index contributed by atoms with van der Waals surface area (Å²) in [5, 5.41) is 3.37. The van der Waals surface area contributed by atoms with Gasteiger partial charge in [0.1, 0.15) is 0 Å². The molecule has 0 radical (unpaired) electrons. The number of nitrogens with zero attached hydrogens (tertiary/aromatic N) is 5. The highest BCUT2D eigenvalue weighted by atomic mass is 16.5. The van der Waals surface area contributed by atoms with E-state index in [9.17, 15) is 0 Å². The summed E-state index contributed by atoms with van der Waals surface area (Å²) < 4.78 is 5.09. The van der Waals surface area contributed by atoms with Crippen LogP contribution < -0.4 is 4.74 Å². The van der Waals surface area contributed by atoms with E-state index in [1.54, 1.807) is 12.4 Å². The molecule has 1 rings (SSSR count). The van der Waals surface area contributed by atoms with Gasteiger partial charge in [-0.05, 0) is 12.5 Å². The third kappa shape index (κ3) is 4.31. The van der Waals surface area contributed by atoms with Gasteiger partial charge in [-0.15, -0.1) is 0 Å². The molecular formula is C10H11N5O. The molecule has 16 heavy (non-hydrogen) atoms. The van der Waals surface area contributed by atoms with E-state index in [1.165, 1.54) is 0 Å². The molecule has 0 aromatic carbocycles. The van der Waals surface area contributed by atoms with Gasteiger partial charge < -0.3 is 4.74 Å². The van der Waals surface area contributed by atoms with E-state index in [2.05, 4.69) is 31.8 Å². The summed E-state index contributed by atoms with van der Waals surface area (Å²) in [4.78, 5) is 10.6. The highest BCUT2D eigenvalue weighted by molar-refractivity contribution is 5.29. The second-order valence-corrected chi connectivity index (χ2v) is 2.69. The first-order valence-corrected chi connectivity index (χ1v) is 4.81. The van der Waals surface area contributed by atoms with Crippen molar-refractivity contribution in [2.24, 2.45) is 5.11 Å². The fourth-order valence-corrected chi connectivity index (χ4v) is 0.900. The molecule has 1 aromatic heterocycles. The Balaban J connectivity index is 2.50. The van der Waals surface area contributed by atoms with Crippen molar-refractivity contribution in [3.05, 3.63) is 28.4 Å². The molecule has 0 spiro atoms. The Morgan fingerprint density at radius 2 is 2.25 bits per heavy atom. The van der Waals surface area contributed by atoms with E-state index in [-0.39, 0.29) is 0 Å². The molecule has 0 aliphatic rings. The topological polar surface area (TPSA) is 83.8 Å². The van der Waals surface area contributed by atoms with Crippen molar-refractivity contribution in [3.8, 4) is 17.9 Å². The van der Waals surface area contributed by atoms with Gasteiger partial charge in [-0.1, -0.05) is 17.0 Å². The van der Waals surface area contributed by atoms with Crippen molar-refractivity contribution in [1.82, 2.24) is 9.97 Å². The van der Waals surface area contributed by atoms with E-state index in [0.717, 1.165) is 0 Å². The zero-order valence-corrected chi connectivity index (χ0v) is 8.92. The molecule has 0 bridgehead atoms. The van der Waals surface area contributed by atoms with Crippen LogP contribution in [-0.4, -0.2) is 23.1 Å². The molecule has 0 aliphatic carbocycles.